The summed E-state index contributed by atoms with van der Waals surface area (Å²) >= 11 is 12.1. The molecule has 0 spiro atoms. The third-order valence-electron chi connectivity index (χ3n) is 2.93. The van der Waals surface area contributed by atoms with Gasteiger partial charge in [0.1, 0.15) is 0 Å². The van der Waals surface area contributed by atoms with Gasteiger partial charge in [-0.3, -0.25) is 0 Å². The summed E-state index contributed by atoms with van der Waals surface area (Å²) in [7, 11) is 0. The van der Waals surface area contributed by atoms with Crippen molar-refractivity contribution < 1.29 is 0 Å². The quantitative estimate of drug-likeness (QED) is 0.750. The highest BCUT2D eigenvalue weighted by Gasteiger charge is 2.07. The third-order valence-corrected chi connectivity index (χ3v) is 3.48. The van der Waals surface area contributed by atoms with Crippen LogP contribution in [0, 0.1) is 12.3 Å². The molecule has 1 aromatic carbocycles. The lowest BCUT2D eigenvalue weighted by atomic mass is 10.1. The van der Waals surface area contributed by atoms with Crippen molar-refractivity contribution >= 4 is 29.2 Å². The predicted molar refractivity (Wildman–Crippen MR) is 89.7 cm³/mol. The minimum absolute atomic E-state index is 0.584. The van der Waals surface area contributed by atoms with Gasteiger partial charge in [0.05, 0.1) is 10.7 Å². The average Bonchev–Trinajstić information content (AvgIpc) is 2.44. The van der Waals surface area contributed by atoms with Gasteiger partial charge in [0.2, 0.25) is 5.95 Å². The van der Waals surface area contributed by atoms with Gasteiger partial charge in [0.15, 0.2) is 0 Å². The molecule has 1 N–H and O–H groups in total. The predicted octanol–water partition coefficient (Wildman–Crippen LogP) is 5.11. The van der Waals surface area contributed by atoms with Crippen molar-refractivity contribution in [3.8, 4) is 11.3 Å². The standard InChI is InChI=1S/C16H18Cl2N3/c1-11(2)4-3-8-19-16-20-9-7-15(21-16)13-6-5-12(17)10-14(13)18/h4-7,9-11H,3,8H2,1-2H3,(H,19,20,21). The number of hydrogen-bond acceptors (Lipinski definition) is 3. The highest BCUT2D eigenvalue weighted by molar-refractivity contribution is 6.36. The highest BCUT2D eigenvalue weighted by Crippen LogP contribution is 2.29. The zero-order valence-corrected chi connectivity index (χ0v) is 13.6. The van der Waals surface area contributed by atoms with Crippen LogP contribution in [0.2, 0.25) is 10.0 Å². The van der Waals surface area contributed by atoms with Crippen molar-refractivity contribution in [2.24, 2.45) is 5.92 Å². The molecule has 0 fully saturated rings. The molecular formula is C16H18Cl2N3. The Morgan fingerprint density at radius 3 is 2.76 bits per heavy atom. The second kappa shape index (κ2) is 7.62. The molecule has 21 heavy (non-hydrogen) atoms. The van der Waals surface area contributed by atoms with Crippen LogP contribution in [0.15, 0.2) is 30.5 Å². The van der Waals surface area contributed by atoms with E-state index in [-0.39, 0.29) is 0 Å². The molecule has 0 atom stereocenters. The van der Waals surface area contributed by atoms with E-state index in [1.165, 1.54) is 0 Å². The van der Waals surface area contributed by atoms with Gasteiger partial charge in [-0.1, -0.05) is 37.0 Å². The molecule has 0 saturated carbocycles. The first kappa shape index (κ1) is 16.1. The molecule has 0 aliphatic carbocycles. The molecule has 3 nitrogen and oxygen atoms in total. The number of nitrogens with one attached hydrogen (secondary N) is 1. The molecule has 1 heterocycles. The van der Waals surface area contributed by atoms with Gasteiger partial charge < -0.3 is 5.32 Å². The van der Waals surface area contributed by atoms with Crippen LogP contribution in [-0.4, -0.2) is 16.5 Å². The fourth-order valence-electron chi connectivity index (χ4n) is 1.89. The van der Waals surface area contributed by atoms with Crippen LogP contribution in [0.25, 0.3) is 11.3 Å². The molecule has 0 aliphatic heterocycles. The van der Waals surface area contributed by atoms with Crippen LogP contribution in [0.3, 0.4) is 0 Å². The van der Waals surface area contributed by atoms with Gasteiger partial charge in [-0.15, -0.1) is 0 Å². The lowest BCUT2D eigenvalue weighted by Crippen LogP contribution is -2.07. The van der Waals surface area contributed by atoms with Gasteiger partial charge in [0, 0.05) is 23.3 Å². The van der Waals surface area contributed by atoms with E-state index in [1.807, 2.05) is 12.1 Å². The van der Waals surface area contributed by atoms with Crippen molar-refractivity contribution in [3.63, 3.8) is 0 Å². The van der Waals surface area contributed by atoms with E-state index in [0.29, 0.717) is 21.9 Å². The van der Waals surface area contributed by atoms with Crippen LogP contribution in [-0.2, 0) is 0 Å². The molecule has 2 rings (SSSR count). The van der Waals surface area contributed by atoms with Crippen molar-refractivity contribution in [2.45, 2.75) is 20.3 Å². The summed E-state index contributed by atoms with van der Waals surface area (Å²) in [6.45, 7) is 5.15. The number of aromatic nitrogens is 2. The molecular weight excluding hydrogens is 305 g/mol. The van der Waals surface area contributed by atoms with Gasteiger partial charge in [-0.05, 0) is 43.0 Å². The van der Waals surface area contributed by atoms with Crippen molar-refractivity contribution in [3.05, 3.63) is 46.9 Å². The van der Waals surface area contributed by atoms with E-state index in [4.69, 9.17) is 23.2 Å². The molecule has 1 aromatic heterocycles. The Kier molecular flexibility index (Phi) is 5.83. The van der Waals surface area contributed by atoms with Crippen LogP contribution in [0.4, 0.5) is 5.95 Å². The summed E-state index contributed by atoms with van der Waals surface area (Å²) in [6, 6.07) is 7.21. The molecule has 0 unspecified atom stereocenters. The van der Waals surface area contributed by atoms with Crippen LogP contribution < -0.4 is 5.32 Å². The molecule has 0 bridgehead atoms. The summed E-state index contributed by atoms with van der Waals surface area (Å²) in [5, 5.41) is 4.41. The van der Waals surface area contributed by atoms with Crippen LogP contribution >= 0.6 is 23.2 Å². The number of benzene rings is 1. The second-order valence-electron chi connectivity index (χ2n) is 5.08. The zero-order chi connectivity index (χ0) is 15.2. The maximum absolute atomic E-state index is 6.21. The number of hydrogen-bond donors (Lipinski definition) is 1. The Balaban J connectivity index is 2.07. The number of halogens is 2. The summed E-state index contributed by atoms with van der Waals surface area (Å²) < 4.78 is 0. The zero-order valence-electron chi connectivity index (χ0n) is 12.1. The minimum atomic E-state index is 0.584. The lowest BCUT2D eigenvalue weighted by Gasteiger charge is -2.08. The average molecular weight is 323 g/mol. The minimum Gasteiger partial charge on any atom is -0.354 e. The van der Waals surface area contributed by atoms with Gasteiger partial charge >= 0.3 is 0 Å². The van der Waals surface area contributed by atoms with Crippen molar-refractivity contribution in [1.29, 1.82) is 0 Å². The molecule has 0 amide bonds. The second-order valence-corrected chi connectivity index (χ2v) is 5.93. The first-order valence-electron chi connectivity index (χ1n) is 6.92. The largest absolute Gasteiger partial charge is 0.354 e. The van der Waals surface area contributed by atoms with Crippen molar-refractivity contribution in [2.75, 3.05) is 11.9 Å². The highest BCUT2D eigenvalue weighted by atomic mass is 35.5. The fraction of sp³-hybridized carbons (Fsp3) is 0.312. The Hall–Kier alpha value is -1.32. The number of anilines is 1. The molecule has 0 aliphatic rings. The molecule has 0 saturated heterocycles. The third kappa shape index (κ3) is 4.87. The first-order chi connectivity index (χ1) is 10.1. The van der Waals surface area contributed by atoms with Crippen LogP contribution in [0.1, 0.15) is 20.3 Å². The van der Waals surface area contributed by atoms with Gasteiger partial charge in [-0.25, -0.2) is 9.97 Å². The Morgan fingerprint density at radius 2 is 2.05 bits per heavy atom. The van der Waals surface area contributed by atoms with E-state index < -0.39 is 0 Å². The van der Waals surface area contributed by atoms with E-state index in [2.05, 4.69) is 35.6 Å². The first-order valence-corrected chi connectivity index (χ1v) is 7.67. The Morgan fingerprint density at radius 1 is 1.24 bits per heavy atom. The van der Waals surface area contributed by atoms with Crippen molar-refractivity contribution in [1.82, 2.24) is 9.97 Å². The Bertz CT molecular complexity index is 600. The number of rotatable bonds is 6. The molecule has 111 valence electrons. The number of nitrogens with zero attached hydrogens (tertiary/aromatic N) is 2. The normalized spacial score (nSPS) is 10.9. The molecule has 2 aromatic rings. The summed E-state index contributed by atoms with van der Waals surface area (Å²) in [5.74, 6) is 1.20. The van der Waals surface area contributed by atoms with E-state index in [1.54, 1.807) is 18.3 Å². The maximum atomic E-state index is 6.21. The van der Waals surface area contributed by atoms with Gasteiger partial charge in [0.25, 0.3) is 0 Å². The Labute approximate surface area is 135 Å². The van der Waals surface area contributed by atoms with E-state index >= 15 is 0 Å². The lowest BCUT2D eigenvalue weighted by molar-refractivity contribution is 0.711. The fourth-order valence-corrected chi connectivity index (χ4v) is 2.40. The SMILES string of the molecule is CC(C)[CH]CCNc1nccc(-c2ccc(Cl)cc2Cl)n1. The van der Waals surface area contributed by atoms with Gasteiger partial charge in [-0.2, -0.15) is 0 Å². The molecule has 5 heteroatoms. The summed E-state index contributed by atoms with van der Waals surface area (Å²) in [6.07, 6.45) is 4.96. The monoisotopic (exact) mass is 322 g/mol. The van der Waals surface area contributed by atoms with E-state index in [9.17, 15) is 0 Å². The van der Waals surface area contributed by atoms with E-state index in [0.717, 1.165) is 24.2 Å². The maximum Gasteiger partial charge on any atom is 0.223 e. The van der Waals surface area contributed by atoms with Crippen LogP contribution in [0.5, 0.6) is 0 Å². The smallest absolute Gasteiger partial charge is 0.223 e. The summed E-state index contributed by atoms with van der Waals surface area (Å²) in [5.41, 5.74) is 1.63. The molecule has 1 radical (unpaired) electrons. The summed E-state index contributed by atoms with van der Waals surface area (Å²) in [4.78, 5) is 8.71. The topological polar surface area (TPSA) is 37.8 Å².